The molecule has 2 rings (SSSR count). The first-order valence-corrected chi connectivity index (χ1v) is 14.9. The van der Waals surface area contributed by atoms with E-state index in [2.05, 4.69) is 5.32 Å². The van der Waals surface area contributed by atoms with Crippen molar-refractivity contribution in [1.29, 1.82) is 0 Å². The van der Waals surface area contributed by atoms with Crippen molar-refractivity contribution in [2.24, 2.45) is 0 Å². The average Bonchev–Trinajstić information content (AvgIpc) is 2.88. The molecular formula is C28H38F3N3O4S. The zero-order valence-corrected chi connectivity index (χ0v) is 23.7. The van der Waals surface area contributed by atoms with Gasteiger partial charge in [0.15, 0.2) is 0 Å². The van der Waals surface area contributed by atoms with Crippen LogP contribution in [0.5, 0.6) is 0 Å². The molecule has 2 aromatic carbocycles. The van der Waals surface area contributed by atoms with Crippen LogP contribution in [-0.4, -0.2) is 56.6 Å². The van der Waals surface area contributed by atoms with Gasteiger partial charge in [0.05, 0.1) is 17.5 Å². The molecule has 0 saturated heterocycles. The monoisotopic (exact) mass is 569 g/mol. The fraction of sp³-hybridized carbons (Fsp3) is 0.500. The Kier molecular flexibility index (Phi) is 11.8. The van der Waals surface area contributed by atoms with Crippen LogP contribution in [0.15, 0.2) is 54.6 Å². The topological polar surface area (TPSA) is 86.8 Å². The van der Waals surface area contributed by atoms with E-state index < -0.39 is 27.8 Å². The molecule has 0 radical (unpaired) electrons. The van der Waals surface area contributed by atoms with Crippen LogP contribution >= 0.6 is 0 Å². The van der Waals surface area contributed by atoms with Gasteiger partial charge >= 0.3 is 6.18 Å². The number of anilines is 1. The van der Waals surface area contributed by atoms with Gasteiger partial charge in [-0.25, -0.2) is 8.42 Å². The predicted octanol–water partition coefficient (Wildman–Crippen LogP) is 5.02. The van der Waals surface area contributed by atoms with Crippen molar-refractivity contribution in [2.45, 2.75) is 71.1 Å². The minimum atomic E-state index is -4.63. The Bertz CT molecular complexity index is 1190. The molecule has 0 saturated carbocycles. The number of rotatable bonds is 14. The van der Waals surface area contributed by atoms with Gasteiger partial charge in [-0.3, -0.25) is 13.9 Å². The SMILES string of the molecule is CC[C@@H](C)NC(=O)[C@H](CC)N(CCc1ccccc1)C(=O)CCCN(c1cccc(C(F)(F)F)c1)S(C)(=O)=O. The lowest BCUT2D eigenvalue weighted by atomic mass is 10.1. The number of halogens is 3. The molecule has 0 aliphatic rings. The molecule has 39 heavy (non-hydrogen) atoms. The van der Waals surface area contributed by atoms with Gasteiger partial charge in [-0.1, -0.05) is 50.2 Å². The number of nitrogens with zero attached hydrogens (tertiary/aromatic N) is 2. The first kappa shape index (κ1) is 32.1. The zero-order chi connectivity index (χ0) is 29.2. The Balaban J connectivity index is 2.21. The van der Waals surface area contributed by atoms with E-state index >= 15 is 0 Å². The molecule has 0 spiro atoms. The van der Waals surface area contributed by atoms with Crippen molar-refractivity contribution < 1.29 is 31.2 Å². The first-order chi connectivity index (χ1) is 18.3. The predicted molar refractivity (Wildman–Crippen MR) is 147 cm³/mol. The zero-order valence-electron chi connectivity index (χ0n) is 22.9. The Labute approximate surface area is 229 Å². The summed E-state index contributed by atoms with van der Waals surface area (Å²) in [5.74, 6) is -0.579. The molecular weight excluding hydrogens is 531 g/mol. The minimum absolute atomic E-state index is 0.0617. The Morgan fingerprint density at radius 2 is 1.64 bits per heavy atom. The highest BCUT2D eigenvalue weighted by molar-refractivity contribution is 7.92. The summed E-state index contributed by atoms with van der Waals surface area (Å²) in [5, 5.41) is 2.93. The van der Waals surface area contributed by atoms with Gasteiger partial charge < -0.3 is 10.2 Å². The number of nitrogens with one attached hydrogen (secondary N) is 1. The van der Waals surface area contributed by atoms with Gasteiger partial charge in [0.1, 0.15) is 6.04 Å². The van der Waals surface area contributed by atoms with Gasteiger partial charge in [-0.15, -0.1) is 0 Å². The van der Waals surface area contributed by atoms with Crippen LogP contribution in [0.3, 0.4) is 0 Å². The standard InChI is InChI=1S/C28H38F3N3O4S/c1-5-21(3)32-27(36)25(6-2)33(19-17-22-12-8-7-9-13-22)26(35)16-11-18-34(39(4,37)38)24-15-10-14-23(20-24)28(29,30)31/h7-10,12-15,20-21,25H,5-6,11,16-19H2,1-4H3,(H,32,36)/t21-,25+/m1/s1. The summed E-state index contributed by atoms with van der Waals surface area (Å²) in [7, 11) is -3.92. The van der Waals surface area contributed by atoms with E-state index in [4.69, 9.17) is 0 Å². The van der Waals surface area contributed by atoms with Crippen LogP contribution in [0.1, 0.15) is 57.6 Å². The molecule has 1 N–H and O–H groups in total. The van der Waals surface area contributed by atoms with Crippen LogP contribution in [-0.2, 0) is 32.2 Å². The third-order valence-electron chi connectivity index (χ3n) is 6.48. The number of sulfonamides is 1. The highest BCUT2D eigenvalue weighted by Crippen LogP contribution is 2.32. The van der Waals surface area contributed by atoms with Crippen LogP contribution in [0, 0.1) is 0 Å². The summed E-state index contributed by atoms with van der Waals surface area (Å²) in [5.41, 5.74) is -0.0877. The summed E-state index contributed by atoms with van der Waals surface area (Å²) < 4.78 is 65.3. The second kappa shape index (κ2) is 14.3. The molecule has 11 heteroatoms. The number of carbonyl (C=O) groups is 2. The highest BCUT2D eigenvalue weighted by Gasteiger charge is 2.32. The molecule has 2 aromatic rings. The van der Waals surface area contributed by atoms with E-state index in [9.17, 15) is 31.2 Å². The normalized spacial score (nSPS) is 13.4. The van der Waals surface area contributed by atoms with Gasteiger partial charge in [0.2, 0.25) is 21.8 Å². The van der Waals surface area contributed by atoms with E-state index in [0.29, 0.717) is 19.4 Å². The van der Waals surface area contributed by atoms with E-state index in [-0.39, 0.29) is 42.9 Å². The molecule has 0 aliphatic heterocycles. The molecule has 0 aromatic heterocycles. The lowest BCUT2D eigenvalue weighted by molar-refractivity contribution is -0.141. The minimum Gasteiger partial charge on any atom is -0.352 e. The van der Waals surface area contributed by atoms with Crippen molar-refractivity contribution in [3.8, 4) is 0 Å². The Morgan fingerprint density at radius 3 is 2.21 bits per heavy atom. The van der Waals surface area contributed by atoms with Crippen molar-refractivity contribution >= 4 is 27.5 Å². The number of hydrogen-bond acceptors (Lipinski definition) is 4. The summed E-state index contributed by atoms with van der Waals surface area (Å²) in [6, 6.07) is 12.9. The molecule has 216 valence electrons. The summed E-state index contributed by atoms with van der Waals surface area (Å²) in [6.07, 6.45) is -2.08. The van der Waals surface area contributed by atoms with Crippen molar-refractivity contribution in [2.75, 3.05) is 23.7 Å². The molecule has 7 nitrogen and oxygen atoms in total. The average molecular weight is 570 g/mol. The molecule has 2 amide bonds. The molecule has 0 fully saturated rings. The van der Waals surface area contributed by atoms with E-state index in [1.807, 2.05) is 51.1 Å². The maximum Gasteiger partial charge on any atom is 0.416 e. The van der Waals surface area contributed by atoms with Gasteiger partial charge in [0, 0.05) is 25.6 Å². The summed E-state index contributed by atoms with van der Waals surface area (Å²) in [4.78, 5) is 28.0. The second-order valence-electron chi connectivity index (χ2n) is 9.55. The van der Waals surface area contributed by atoms with Crippen LogP contribution < -0.4 is 9.62 Å². The number of benzene rings is 2. The van der Waals surface area contributed by atoms with E-state index in [0.717, 1.165) is 40.7 Å². The number of hydrogen-bond donors (Lipinski definition) is 1. The maximum atomic E-state index is 13.4. The third kappa shape index (κ3) is 9.87. The largest absolute Gasteiger partial charge is 0.416 e. The van der Waals surface area contributed by atoms with Gasteiger partial charge in [-0.2, -0.15) is 13.2 Å². The molecule has 0 heterocycles. The van der Waals surface area contributed by atoms with Gasteiger partial charge in [0.25, 0.3) is 0 Å². The highest BCUT2D eigenvalue weighted by atomic mass is 32.2. The number of alkyl halides is 3. The fourth-order valence-corrected chi connectivity index (χ4v) is 5.14. The van der Waals surface area contributed by atoms with Crippen LogP contribution in [0.25, 0.3) is 0 Å². The summed E-state index contributed by atoms with van der Waals surface area (Å²) >= 11 is 0. The number of amides is 2. The maximum absolute atomic E-state index is 13.4. The Morgan fingerprint density at radius 1 is 0.974 bits per heavy atom. The van der Waals surface area contributed by atoms with Gasteiger partial charge in [-0.05, 0) is 56.4 Å². The molecule has 2 atom stereocenters. The van der Waals surface area contributed by atoms with E-state index in [1.165, 1.54) is 11.0 Å². The summed E-state index contributed by atoms with van der Waals surface area (Å²) in [6.45, 7) is 5.76. The van der Waals surface area contributed by atoms with Crippen LogP contribution in [0.2, 0.25) is 0 Å². The molecule has 0 unspecified atom stereocenters. The first-order valence-electron chi connectivity index (χ1n) is 13.1. The van der Waals surface area contributed by atoms with Crippen LogP contribution in [0.4, 0.5) is 18.9 Å². The molecule has 0 aliphatic carbocycles. The second-order valence-corrected chi connectivity index (χ2v) is 11.5. The number of carbonyl (C=O) groups excluding carboxylic acids is 2. The Hall–Kier alpha value is -3.08. The lowest BCUT2D eigenvalue weighted by Crippen LogP contribution is -2.51. The van der Waals surface area contributed by atoms with Crippen molar-refractivity contribution in [3.05, 3.63) is 65.7 Å². The van der Waals surface area contributed by atoms with Crippen molar-refractivity contribution in [1.82, 2.24) is 10.2 Å². The smallest absolute Gasteiger partial charge is 0.352 e. The van der Waals surface area contributed by atoms with E-state index in [1.54, 1.807) is 0 Å². The quantitative estimate of drug-likeness (QED) is 0.346. The molecule has 0 bridgehead atoms. The van der Waals surface area contributed by atoms with Crippen molar-refractivity contribution in [3.63, 3.8) is 0 Å². The lowest BCUT2D eigenvalue weighted by Gasteiger charge is -2.32. The fourth-order valence-electron chi connectivity index (χ4n) is 4.18. The third-order valence-corrected chi connectivity index (χ3v) is 7.68.